The number of rotatable bonds is 5. The Balaban J connectivity index is 1.51. The second-order valence-electron chi connectivity index (χ2n) is 5.81. The highest BCUT2D eigenvalue weighted by atomic mass is 32.2. The molecule has 1 saturated carbocycles. The molecule has 118 valence electrons. The van der Waals surface area contributed by atoms with E-state index in [-0.39, 0.29) is 23.8 Å². The van der Waals surface area contributed by atoms with E-state index < -0.39 is 0 Å². The Hall–Kier alpha value is -1.53. The van der Waals surface area contributed by atoms with Gasteiger partial charge in [-0.1, -0.05) is 18.6 Å². The largest absolute Gasteiger partial charge is 0.351 e. The van der Waals surface area contributed by atoms with Crippen LogP contribution in [0.5, 0.6) is 0 Å². The van der Waals surface area contributed by atoms with Gasteiger partial charge in [0.05, 0.1) is 6.04 Å². The van der Waals surface area contributed by atoms with E-state index in [4.69, 9.17) is 0 Å². The lowest BCUT2D eigenvalue weighted by Crippen LogP contribution is -2.41. The van der Waals surface area contributed by atoms with Gasteiger partial charge in [-0.3, -0.25) is 14.9 Å². The molecule has 1 heterocycles. The first-order valence-electron chi connectivity index (χ1n) is 7.71. The van der Waals surface area contributed by atoms with Crippen LogP contribution in [0.3, 0.4) is 0 Å². The molecule has 0 spiro atoms. The van der Waals surface area contributed by atoms with Gasteiger partial charge in [0.2, 0.25) is 11.8 Å². The Morgan fingerprint density at radius 2 is 2.14 bits per heavy atom. The van der Waals surface area contributed by atoms with Crippen molar-refractivity contribution in [2.24, 2.45) is 5.92 Å². The lowest BCUT2D eigenvalue weighted by Gasteiger charge is -2.24. The van der Waals surface area contributed by atoms with Crippen LogP contribution in [0, 0.1) is 5.92 Å². The van der Waals surface area contributed by atoms with Crippen LogP contribution in [-0.4, -0.2) is 29.5 Å². The zero-order chi connectivity index (χ0) is 15.4. The highest BCUT2D eigenvalue weighted by Crippen LogP contribution is 2.27. The van der Waals surface area contributed by atoms with E-state index in [1.165, 1.54) is 0 Å². The molecule has 0 bridgehead atoms. The fourth-order valence-electron chi connectivity index (χ4n) is 2.55. The predicted octanol–water partition coefficient (Wildman–Crippen LogP) is 1.70. The molecule has 0 radical (unpaired) electrons. The van der Waals surface area contributed by atoms with E-state index in [0.717, 1.165) is 42.1 Å². The smallest absolute Gasteiger partial charge is 0.238 e. The summed E-state index contributed by atoms with van der Waals surface area (Å²) in [6.07, 6.45) is 3.14. The molecular formula is C16H21N3O2S. The normalized spacial score (nSPS) is 21.2. The van der Waals surface area contributed by atoms with Gasteiger partial charge in [-0.15, -0.1) is 11.8 Å². The van der Waals surface area contributed by atoms with Gasteiger partial charge in [0.25, 0.3) is 0 Å². The maximum absolute atomic E-state index is 12.0. The SMILES string of the molecule is O=C(Nc1cccc(CNC(=O)C2CSCN2)c1)C1CCC1. The van der Waals surface area contributed by atoms with Crippen LogP contribution >= 0.6 is 11.8 Å². The number of benzene rings is 1. The lowest BCUT2D eigenvalue weighted by molar-refractivity contribution is -0.123. The summed E-state index contributed by atoms with van der Waals surface area (Å²) in [5.74, 6) is 1.98. The molecular weight excluding hydrogens is 298 g/mol. The van der Waals surface area contributed by atoms with E-state index in [1.54, 1.807) is 11.8 Å². The minimum Gasteiger partial charge on any atom is -0.351 e. The molecule has 1 unspecified atom stereocenters. The zero-order valence-corrected chi connectivity index (χ0v) is 13.2. The summed E-state index contributed by atoms with van der Waals surface area (Å²) in [6.45, 7) is 0.481. The van der Waals surface area contributed by atoms with Crippen molar-refractivity contribution in [3.63, 3.8) is 0 Å². The van der Waals surface area contributed by atoms with Crippen LogP contribution in [-0.2, 0) is 16.1 Å². The highest BCUT2D eigenvalue weighted by molar-refractivity contribution is 7.99. The van der Waals surface area contributed by atoms with Crippen molar-refractivity contribution in [2.75, 3.05) is 16.9 Å². The van der Waals surface area contributed by atoms with E-state index in [9.17, 15) is 9.59 Å². The van der Waals surface area contributed by atoms with Crippen LogP contribution in [0.2, 0.25) is 0 Å². The van der Waals surface area contributed by atoms with Crippen molar-refractivity contribution in [2.45, 2.75) is 31.8 Å². The van der Waals surface area contributed by atoms with Gasteiger partial charge in [0.1, 0.15) is 0 Å². The number of thioether (sulfide) groups is 1. The average molecular weight is 319 g/mol. The first-order valence-corrected chi connectivity index (χ1v) is 8.86. The number of carbonyl (C=O) groups is 2. The minimum absolute atomic E-state index is 0.0360. The van der Waals surface area contributed by atoms with Gasteiger partial charge in [-0.2, -0.15) is 0 Å². The second kappa shape index (κ2) is 7.15. The second-order valence-corrected chi connectivity index (χ2v) is 6.84. The molecule has 1 aromatic carbocycles. The molecule has 2 aliphatic rings. The number of amides is 2. The lowest BCUT2D eigenvalue weighted by atomic mass is 9.85. The Morgan fingerprint density at radius 1 is 1.27 bits per heavy atom. The molecule has 1 atom stereocenters. The first kappa shape index (κ1) is 15.4. The van der Waals surface area contributed by atoms with Crippen LogP contribution < -0.4 is 16.0 Å². The van der Waals surface area contributed by atoms with E-state index >= 15 is 0 Å². The van der Waals surface area contributed by atoms with Crippen molar-refractivity contribution < 1.29 is 9.59 Å². The van der Waals surface area contributed by atoms with E-state index in [2.05, 4.69) is 16.0 Å². The van der Waals surface area contributed by atoms with Gasteiger partial charge in [0, 0.05) is 29.8 Å². The Morgan fingerprint density at radius 3 is 2.82 bits per heavy atom. The van der Waals surface area contributed by atoms with Crippen LogP contribution in [0.1, 0.15) is 24.8 Å². The highest BCUT2D eigenvalue weighted by Gasteiger charge is 2.25. The van der Waals surface area contributed by atoms with Crippen LogP contribution in [0.4, 0.5) is 5.69 Å². The predicted molar refractivity (Wildman–Crippen MR) is 88.5 cm³/mol. The number of carbonyl (C=O) groups excluding carboxylic acids is 2. The Labute approximate surface area is 134 Å². The van der Waals surface area contributed by atoms with E-state index in [1.807, 2.05) is 24.3 Å². The molecule has 3 N–H and O–H groups in total. The molecule has 1 aliphatic heterocycles. The quantitative estimate of drug-likeness (QED) is 0.773. The summed E-state index contributed by atoms with van der Waals surface area (Å²) < 4.78 is 0. The molecule has 5 nitrogen and oxygen atoms in total. The van der Waals surface area contributed by atoms with Crippen molar-refractivity contribution in [3.05, 3.63) is 29.8 Å². The van der Waals surface area contributed by atoms with Gasteiger partial charge in [0.15, 0.2) is 0 Å². The molecule has 3 rings (SSSR count). The topological polar surface area (TPSA) is 70.2 Å². The fourth-order valence-corrected chi connectivity index (χ4v) is 3.49. The molecule has 0 aromatic heterocycles. The van der Waals surface area contributed by atoms with Gasteiger partial charge in [-0.05, 0) is 30.5 Å². The third kappa shape index (κ3) is 3.81. The van der Waals surface area contributed by atoms with Crippen LogP contribution in [0.15, 0.2) is 24.3 Å². The average Bonchev–Trinajstić information content (AvgIpc) is 2.97. The van der Waals surface area contributed by atoms with Crippen molar-refractivity contribution in [1.82, 2.24) is 10.6 Å². The monoisotopic (exact) mass is 319 g/mol. The maximum Gasteiger partial charge on any atom is 0.238 e. The summed E-state index contributed by atoms with van der Waals surface area (Å²) in [5.41, 5.74) is 1.80. The number of hydrogen-bond acceptors (Lipinski definition) is 4. The van der Waals surface area contributed by atoms with Gasteiger partial charge >= 0.3 is 0 Å². The fraction of sp³-hybridized carbons (Fsp3) is 0.500. The Bertz CT molecular complexity index is 554. The summed E-state index contributed by atoms with van der Waals surface area (Å²) >= 11 is 1.73. The standard InChI is InChI=1S/C16H21N3O2S/c20-15(12-4-2-5-12)19-13-6-1-3-11(7-13)8-17-16(21)14-9-22-10-18-14/h1,3,6-7,12,14,18H,2,4-5,8-10H2,(H,17,21)(H,19,20). The first-order chi connectivity index (χ1) is 10.7. The van der Waals surface area contributed by atoms with E-state index in [0.29, 0.717) is 6.54 Å². The summed E-state index contributed by atoms with van der Waals surface area (Å²) in [5, 5.41) is 9.05. The third-order valence-electron chi connectivity index (χ3n) is 4.17. The van der Waals surface area contributed by atoms with Gasteiger partial charge < -0.3 is 10.6 Å². The summed E-state index contributed by atoms with van der Waals surface area (Å²) in [7, 11) is 0. The van der Waals surface area contributed by atoms with Crippen molar-refractivity contribution in [3.8, 4) is 0 Å². The zero-order valence-electron chi connectivity index (χ0n) is 12.4. The molecule has 1 aliphatic carbocycles. The maximum atomic E-state index is 12.0. The Kier molecular flexibility index (Phi) is 5.00. The summed E-state index contributed by atoms with van der Waals surface area (Å²) in [4.78, 5) is 23.9. The van der Waals surface area contributed by atoms with Crippen LogP contribution in [0.25, 0.3) is 0 Å². The minimum atomic E-state index is -0.0912. The molecule has 2 fully saturated rings. The molecule has 1 saturated heterocycles. The third-order valence-corrected chi connectivity index (χ3v) is 5.11. The number of anilines is 1. The molecule has 6 heteroatoms. The molecule has 1 aromatic rings. The van der Waals surface area contributed by atoms with Crippen molar-refractivity contribution >= 4 is 29.3 Å². The molecule has 2 amide bonds. The number of nitrogens with one attached hydrogen (secondary N) is 3. The van der Waals surface area contributed by atoms with Gasteiger partial charge in [-0.25, -0.2) is 0 Å². The van der Waals surface area contributed by atoms with Crippen molar-refractivity contribution in [1.29, 1.82) is 0 Å². The summed E-state index contributed by atoms with van der Waals surface area (Å²) in [6, 6.07) is 7.58. The molecule has 22 heavy (non-hydrogen) atoms. The number of hydrogen-bond donors (Lipinski definition) is 3.